The lowest BCUT2D eigenvalue weighted by Gasteiger charge is -2.16. The molecule has 0 heterocycles. The number of rotatable bonds is 7. The first-order valence-corrected chi connectivity index (χ1v) is 8.62. The minimum Gasteiger partial charge on any atom is -0.452 e. The van der Waals surface area contributed by atoms with Crippen LogP contribution in [0.4, 0.5) is 0 Å². The SMILES string of the molecule is CCNC(=O)[C@H](C)OC(=O)[C@@H](C)SCc1ccc(Br)cc1. The Bertz CT molecular complexity index is 478. The first-order valence-electron chi connectivity index (χ1n) is 6.78. The lowest BCUT2D eigenvalue weighted by atomic mass is 10.2. The van der Waals surface area contributed by atoms with Crippen LogP contribution in [0.2, 0.25) is 0 Å². The van der Waals surface area contributed by atoms with Gasteiger partial charge in [0.15, 0.2) is 6.10 Å². The number of carbonyl (C=O) groups excluding carboxylic acids is 2. The van der Waals surface area contributed by atoms with Crippen LogP contribution in [-0.4, -0.2) is 29.8 Å². The molecule has 2 atom stereocenters. The average Bonchev–Trinajstić information content (AvgIpc) is 2.46. The summed E-state index contributed by atoms with van der Waals surface area (Å²) < 4.78 is 6.18. The molecule has 4 nitrogen and oxygen atoms in total. The highest BCUT2D eigenvalue weighted by atomic mass is 79.9. The fourth-order valence-corrected chi connectivity index (χ4v) is 2.60. The molecule has 0 radical (unpaired) electrons. The van der Waals surface area contributed by atoms with Crippen LogP contribution in [0, 0.1) is 0 Å². The first kappa shape index (κ1) is 18.0. The lowest BCUT2D eigenvalue weighted by molar-refractivity contribution is -0.153. The molecule has 0 fully saturated rings. The molecule has 116 valence electrons. The van der Waals surface area contributed by atoms with Gasteiger partial charge in [-0.05, 0) is 38.5 Å². The second kappa shape index (κ2) is 9.10. The molecule has 1 amide bonds. The third-order valence-electron chi connectivity index (χ3n) is 2.76. The molecule has 0 unspecified atom stereocenters. The van der Waals surface area contributed by atoms with Gasteiger partial charge in [0.1, 0.15) is 0 Å². The Labute approximate surface area is 138 Å². The normalized spacial score (nSPS) is 13.3. The van der Waals surface area contributed by atoms with E-state index in [1.165, 1.54) is 11.8 Å². The molecule has 0 spiro atoms. The van der Waals surface area contributed by atoms with Crippen LogP contribution in [0.1, 0.15) is 26.3 Å². The van der Waals surface area contributed by atoms with Gasteiger partial charge in [-0.1, -0.05) is 28.1 Å². The predicted octanol–water partition coefficient (Wildman–Crippen LogP) is 3.14. The van der Waals surface area contributed by atoms with Crippen molar-refractivity contribution in [1.29, 1.82) is 0 Å². The monoisotopic (exact) mass is 373 g/mol. The van der Waals surface area contributed by atoms with E-state index in [4.69, 9.17) is 4.74 Å². The Morgan fingerprint density at radius 1 is 1.29 bits per heavy atom. The summed E-state index contributed by atoms with van der Waals surface area (Å²) >= 11 is 4.87. The minimum atomic E-state index is -0.756. The Morgan fingerprint density at radius 2 is 1.90 bits per heavy atom. The second-order valence-corrected chi connectivity index (χ2v) is 6.80. The summed E-state index contributed by atoms with van der Waals surface area (Å²) in [5, 5.41) is 2.31. The van der Waals surface area contributed by atoms with Gasteiger partial charge in [-0.2, -0.15) is 0 Å². The number of ether oxygens (including phenoxy) is 1. The lowest BCUT2D eigenvalue weighted by Crippen LogP contribution is -2.37. The van der Waals surface area contributed by atoms with Crippen LogP contribution in [0.25, 0.3) is 0 Å². The number of thioether (sulfide) groups is 1. The van der Waals surface area contributed by atoms with E-state index >= 15 is 0 Å². The Balaban J connectivity index is 2.40. The van der Waals surface area contributed by atoms with E-state index < -0.39 is 6.10 Å². The average molecular weight is 374 g/mol. The highest BCUT2D eigenvalue weighted by Gasteiger charge is 2.21. The first-order chi connectivity index (χ1) is 9.93. The number of esters is 1. The molecule has 0 bridgehead atoms. The number of halogens is 1. The van der Waals surface area contributed by atoms with Crippen molar-refractivity contribution in [2.75, 3.05) is 6.54 Å². The van der Waals surface area contributed by atoms with E-state index in [1.54, 1.807) is 13.8 Å². The van der Waals surface area contributed by atoms with E-state index in [9.17, 15) is 9.59 Å². The molecule has 0 aliphatic carbocycles. The third-order valence-corrected chi connectivity index (χ3v) is 4.48. The van der Waals surface area contributed by atoms with Gasteiger partial charge in [0.25, 0.3) is 5.91 Å². The third kappa shape index (κ3) is 6.52. The molecule has 0 aliphatic rings. The van der Waals surface area contributed by atoms with Gasteiger partial charge < -0.3 is 10.1 Å². The van der Waals surface area contributed by atoms with Crippen LogP contribution in [0.5, 0.6) is 0 Å². The number of hydrogen-bond acceptors (Lipinski definition) is 4. The zero-order valence-corrected chi connectivity index (χ0v) is 14.8. The van der Waals surface area contributed by atoms with E-state index in [-0.39, 0.29) is 17.1 Å². The smallest absolute Gasteiger partial charge is 0.319 e. The Hall–Kier alpha value is -1.01. The highest BCUT2D eigenvalue weighted by molar-refractivity contribution is 9.10. The number of likely N-dealkylation sites (N-methyl/N-ethyl adjacent to an activating group) is 1. The molecule has 0 aromatic heterocycles. The van der Waals surface area contributed by atoms with Gasteiger partial charge in [-0.3, -0.25) is 9.59 Å². The van der Waals surface area contributed by atoms with Crippen molar-refractivity contribution in [1.82, 2.24) is 5.32 Å². The summed E-state index contributed by atoms with van der Waals surface area (Å²) in [6.45, 7) is 5.71. The second-order valence-electron chi connectivity index (χ2n) is 4.55. The fraction of sp³-hybridized carbons (Fsp3) is 0.467. The molecule has 0 saturated carbocycles. The number of nitrogens with one attached hydrogen (secondary N) is 1. The zero-order valence-electron chi connectivity index (χ0n) is 12.4. The largest absolute Gasteiger partial charge is 0.452 e. The quantitative estimate of drug-likeness (QED) is 0.745. The number of carbonyl (C=O) groups is 2. The summed E-state index contributed by atoms with van der Waals surface area (Å²) in [4.78, 5) is 23.4. The molecule has 1 aromatic carbocycles. The van der Waals surface area contributed by atoms with Crippen molar-refractivity contribution in [2.24, 2.45) is 0 Å². The summed E-state index contributed by atoms with van der Waals surface area (Å²) in [5.74, 6) is 0.0887. The van der Waals surface area contributed by atoms with Crippen LogP contribution in [-0.2, 0) is 20.1 Å². The standard InChI is InChI=1S/C15H20BrNO3S/c1-4-17-14(18)10(2)20-15(19)11(3)21-9-12-5-7-13(16)8-6-12/h5-8,10-11H,4,9H2,1-3H3,(H,17,18)/t10-,11+/m0/s1. The molecule has 0 aliphatic heterocycles. The molecule has 6 heteroatoms. The molecule has 1 aromatic rings. The van der Waals surface area contributed by atoms with Gasteiger partial charge in [-0.25, -0.2) is 0 Å². The van der Waals surface area contributed by atoms with E-state index in [0.717, 1.165) is 15.8 Å². The molecule has 0 saturated heterocycles. The number of amides is 1. The minimum absolute atomic E-state index is 0.268. The van der Waals surface area contributed by atoms with Crippen molar-refractivity contribution in [3.8, 4) is 0 Å². The summed E-state index contributed by atoms with van der Waals surface area (Å²) in [6.07, 6.45) is -0.756. The van der Waals surface area contributed by atoms with Crippen molar-refractivity contribution in [2.45, 2.75) is 37.9 Å². The number of hydrogen-bond donors (Lipinski definition) is 1. The van der Waals surface area contributed by atoms with Crippen LogP contribution in [0.3, 0.4) is 0 Å². The van der Waals surface area contributed by atoms with Crippen molar-refractivity contribution in [3.05, 3.63) is 34.3 Å². The maximum Gasteiger partial charge on any atom is 0.319 e. The van der Waals surface area contributed by atoms with Gasteiger partial charge in [0, 0.05) is 16.8 Å². The van der Waals surface area contributed by atoms with Crippen molar-refractivity contribution in [3.63, 3.8) is 0 Å². The summed E-state index contributed by atoms with van der Waals surface area (Å²) in [7, 11) is 0. The maximum atomic E-state index is 11.9. The van der Waals surface area contributed by atoms with E-state index in [2.05, 4.69) is 21.2 Å². The summed E-state index contributed by atoms with van der Waals surface area (Å²) in [6, 6.07) is 7.95. The topological polar surface area (TPSA) is 55.4 Å². The fourth-order valence-electron chi connectivity index (χ4n) is 1.51. The van der Waals surface area contributed by atoms with Gasteiger partial charge in [0.2, 0.25) is 0 Å². The Kier molecular flexibility index (Phi) is 7.82. The van der Waals surface area contributed by atoms with Gasteiger partial charge in [-0.15, -0.1) is 11.8 Å². The van der Waals surface area contributed by atoms with Crippen LogP contribution >= 0.6 is 27.7 Å². The zero-order chi connectivity index (χ0) is 15.8. The van der Waals surface area contributed by atoms with E-state index in [1.807, 2.05) is 31.2 Å². The van der Waals surface area contributed by atoms with Crippen LogP contribution < -0.4 is 5.32 Å². The molecule has 1 N–H and O–H groups in total. The van der Waals surface area contributed by atoms with Gasteiger partial charge >= 0.3 is 5.97 Å². The molecular formula is C15H20BrNO3S. The predicted molar refractivity (Wildman–Crippen MR) is 89.1 cm³/mol. The van der Waals surface area contributed by atoms with Crippen LogP contribution in [0.15, 0.2) is 28.7 Å². The summed E-state index contributed by atoms with van der Waals surface area (Å²) in [5.41, 5.74) is 1.14. The van der Waals surface area contributed by atoms with E-state index in [0.29, 0.717) is 6.54 Å². The maximum absolute atomic E-state index is 11.9. The highest BCUT2D eigenvalue weighted by Crippen LogP contribution is 2.20. The van der Waals surface area contributed by atoms with Crippen molar-refractivity contribution >= 4 is 39.6 Å². The Morgan fingerprint density at radius 3 is 2.48 bits per heavy atom. The molecule has 1 rings (SSSR count). The molecular weight excluding hydrogens is 354 g/mol. The molecule has 21 heavy (non-hydrogen) atoms. The van der Waals surface area contributed by atoms with Gasteiger partial charge in [0.05, 0.1) is 5.25 Å². The number of benzene rings is 1. The van der Waals surface area contributed by atoms with Crippen molar-refractivity contribution < 1.29 is 14.3 Å².